The highest BCUT2D eigenvalue weighted by Crippen LogP contribution is 2.46. The lowest BCUT2D eigenvalue weighted by molar-refractivity contribution is -0.142. The minimum absolute atomic E-state index is 0.0422. The van der Waals surface area contributed by atoms with Crippen LogP contribution in [0.5, 0.6) is 11.5 Å². The number of allylic oxidation sites excluding steroid dienone is 3. The van der Waals surface area contributed by atoms with Crippen LogP contribution >= 0.6 is 0 Å². The van der Waals surface area contributed by atoms with E-state index >= 15 is 0 Å². The van der Waals surface area contributed by atoms with E-state index in [1.807, 2.05) is 13.0 Å². The Morgan fingerprint density at radius 3 is 2.74 bits per heavy atom. The van der Waals surface area contributed by atoms with Crippen molar-refractivity contribution >= 4 is 11.8 Å². The van der Waals surface area contributed by atoms with E-state index in [4.69, 9.17) is 18.9 Å². The molecule has 4 rings (SSSR count). The first-order valence-corrected chi connectivity index (χ1v) is 10.8. The summed E-state index contributed by atoms with van der Waals surface area (Å²) >= 11 is 0. The topological polar surface area (TPSA) is 83.1 Å². The zero-order chi connectivity index (χ0) is 22.0. The minimum Gasteiger partial charge on any atom is -0.497 e. The number of ketones is 1. The van der Waals surface area contributed by atoms with Crippen LogP contribution in [0.4, 0.5) is 0 Å². The van der Waals surface area contributed by atoms with E-state index in [-0.39, 0.29) is 18.5 Å². The molecule has 1 aromatic rings. The number of rotatable bonds is 6. The van der Waals surface area contributed by atoms with Crippen LogP contribution in [0.1, 0.15) is 50.5 Å². The molecule has 3 aliphatic rings. The van der Waals surface area contributed by atoms with Crippen molar-refractivity contribution < 1.29 is 28.5 Å². The lowest BCUT2D eigenvalue weighted by Crippen LogP contribution is -2.35. The number of benzene rings is 1. The fraction of sp³-hybridized carbons (Fsp3) is 0.500. The van der Waals surface area contributed by atoms with Gasteiger partial charge in [0.05, 0.1) is 31.8 Å². The fourth-order valence-corrected chi connectivity index (χ4v) is 4.65. The number of carbonyl (C=O) groups is 2. The second kappa shape index (κ2) is 9.14. The third kappa shape index (κ3) is 4.19. The van der Waals surface area contributed by atoms with Gasteiger partial charge in [-0.1, -0.05) is 0 Å². The molecule has 0 amide bonds. The lowest BCUT2D eigenvalue weighted by atomic mass is 9.75. The largest absolute Gasteiger partial charge is 0.497 e. The highest BCUT2D eigenvalue weighted by atomic mass is 16.6. The zero-order valence-corrected chi connectivity index (χ0v) is 18.3. The standard InChI is InChI=1S/C24H29NO6/c1-14-21(24(27)31-13-16-6-5-11-30-16)22(23-18(25-14)7-4-8-19(23)26)17-12-15(28-2)9-10-20(17)29-3/h9-10,12,16,22,25H,4-8,11,13H2,1-3H3/t16-,22+/m1/s1. The van der Waals surface area contributed by atoms with Crippen LogP contribution in [0, 0.1) is 0 Å². The van der Waals surface area contributed by atoms with E-state index in [1.165, 1.54) is 0 Å². The first kappa shape index (κ1) is 21.4. The van der Waals surface area contributed by atoms with Crippen LogP contribution in [0.3, 0.4) is 0 Å². The maximum absolute atomic E-state index is 13.3. The van der Waals surface area contributed by atoms with Crippen molar-refractivity contribution in [1.82, 2.24) is 5.32 Å². The molecule has 31 heavy (non-hydrogen) atoms. The lowest BCUT2D eigenvalue weighted by Gasteiger charge is -2.34. The molecule has 2 heterocycles. The third-order valence-corrected chi connectivity index (χ3v) is 6.17. The maximum atomic E-state index is 13.3. The number of hydrogen-bond donors (Lipinski definition) is 1. The number of nitrogens with one attached hydrogen (secondary N) is 1. The molecule has 0 radical (unpaired) electrons. The molecular formula is C24H29NO6. The molecule has 0 saturated carbocycles. The molecule has 0 aromatic heterocycles. The Labute approximate surface area is 182 Å². The molecule has 2 aliphatic heterocycles. The summed E-state index contributed by atoms with van der Waals surface area (Å²) in [4.78, 5) is 26.3. The van der Waals surface area contributed by atoms with Gasteiger partial charge in [-0.15, -0.1) is 0 Å². The minimum atomic E-state index is -0.578. The van der Waals surface area contributed by atoms with Crippen molar-refractivity contribution in [2.45, 2.75) is 51.0 Å². The quantitative estimate of drug-likeness (QED) is 0.697. The normalized spacial score (nSPS) is 23.4. The van der Waals surface area contributed by atoms with E-state index in [0.29, 0.717) is 41.4 Å². The van der Waals surface area contributed by atoms with Crippen molar-refractivity contribution in [2.75, 3.05) is 27.4 Å². The van der Waals surface area contributed by atoms with E-state index < -0.39 is 11.9 Å². The van der Waals surface area contributed by atoms with Gasteiger partial charge in [0, 0.05) is 35.6 Å². The van der Waals surface area contributed by atoms with Crippen LogP contribution in [0.15, 0.2) is 40.7 Å². The van der Waals surface area contributed by atoms with E-state index in [0.717, 1.165) is 36.9 Å². The zero-order valence-electron chi connectivity index (χ0n) is 18.3. The second-order valence-electron chi connectivity index (χ2n) is 8.11. The summed E-state index contributed by atoms with van der Waals surface area (Å²) in [5, 5.41) is 3.31. The molecule has 0 bridgehead atoms. The number of esters is 1. The monoisotopic (exact) mass is 427 g/mol. The van der Waals surface area contributed by atoms with E-state index in [9.17, 15) is 9.59 Å². The maximum Gasteiger partial charge on any atom is 0.336 e. The van der Waals surface area contributed by atoms with Crippen LogP contribution in [0.2, 0.25) is 0 Å². The van der Waals surface area contributed by atoms with Crippen LogP contribution < -0.4 is 14.8 Å². The fourth-order valence-electron chi connectivity index (χ4n) is 4.65. The number of hydrogen-bond acceptors (Lipinski definition) is 7. The summed E-state index contributed by atoms with van der Waals surface area (Å²) in [5.74, 6) is 0.242. The Morgan fingerprint density at radius 1 is 1.19 bits per heavy atom. The van der Waals surface area contributed by atoms with Gasteiger partial charge in [0.1, 0.15) is 18.1 Å². The Kier molecular flexibility index (Phi) is 6.32. The number of carbonyl (C=O) groups excluding carboxylic acids is 2. The molecule has 1 fully saturated rings. The Hall–Kier alpha value is -2.80. The first-order valence-electron chi connectivity index (χ1n) is 10.8. The van der Waals surface area contributed by atoms with Crippen molar-refractivity contribution in [1.29, 1.82) is 0 Å². The summed E-state index contributed by atoms with van der Waals surface area (Å²) in [5.41, 5.74) is 3.33. The molecule has 1 aliphatic carbocycles. The summed E-state index contributed by atoms with van der Waals surface area (Å²) in [6.45, 7) is 2.75. The van der Waals surface area contributed by atoms with Gasteiger partial charge in [-0.2, -0.15) is 0 Å². The molecule has 1 N–H and O–H groups in total. The van der Waals surface area contributed by atoms with Gasteiger partial charge >= 0.3 is 5.97 Å². The molecule has 166 valence electrons. The average Bonchev–Trinajstić information content (AvgIpc) is 3.30. The molecular weight excluding hydrogens is 398 g/mol. The highest BCUT2D eigenvalue weighted by molar-refractivity contribution is 6.04. The van der Waals surface area contributed by atoms with E-state index in [1.54, 1.807) is 26.4 Å². The third-order valence-electron chi connectivity index (χ3n) is 6.17. The first-order chi connectivity index (χ1) is 15.0. The van der Waals surface area contributed by atoms with Crippen molar-refractivity contribution in [3.05, 3.63) is 46.3 Å². The van der Waals surface area contributed by atoms with Gasteiger partial charge in [-0.05, 0) is 50.8 Å². The summed E-state index contributed by atoms with van der Waals surface area (Å²) in [7, 11) is 3.17. The number of ether oxygens (including phenoxy) is 4. The van der Waals surface area contributed by atoms with Gasteiger partial charge in [0.15, 0.2) is 5.78 Å². The number of dihydropyridines is 1. The SMILES string of the molecule is COc1ccc(OC)c([C@H]2C(C(=O)OC[C@H]3CCCO3)=C(C)NC3=C2C(=O)CCC3)c1. The van der Waals surface area contributed by atoms with Gasteiger partial charge in [-0.25, -0.2) is 4.79 Å². The Morgan fingerprint density at radius 2 is 2.03 bits per heavy atom. The van der Waals surface area contributed by atoms with Crippen LogP contribution in [0.25, 0.3) is 0 Å². The Balaban J connectivity index is 1.77. The van der Waals surface area contributed by atoms with Gasteiger partial charge in [0.25, 0.3) is 0 Å². The molecule has 7 heteroatoms. The molecule has 2 atom stereocenters. The van der Waals surface area contributed by atoms with Crippen molar-refractivity contribution in [3.63, 3.8) is 0 Å². The van der Waals surface area contributed by atoms with Gasteiger partial charge in [-0.3, -0.25) is 4.79 Å². The Bertz CT molecular complexity index is 941. The van der Waals surface area contributed by atoms with Crippen molar-refractivity contribution in [3.8, 4) is 11.5 Å². The van der Waals surface area contributed by atoms with Crippen LogP contribution in [-0.4, -0.2) is 45.3 Å². The smallest absolute Gasteiger partial charge is 0.336 e. The highest BCUT2D eigenvalue weighted by Gasteiger charge is 2.40. The number of Topliss-reactive ketones (excluding diaryl/α,β-unsaturated/α-hetero) is 1. The van der Waals surface area contributed by atoms with Gasteiger partial charge in [0.2, 0.25) is 0 Å². The van der Waals surface area contributed by atoms with E-state index in [2.05, 4.69) is 5.32 Å². The average molecular weight is 427 g/mol. The molecule has 0 unspecified atom stereocenters. The van der Waals surface area contributed by atoms with Gasteiger partial charge < -0.3 is 24.3 Å². The number of methoxy groups -OCH3 is 2. The predicted molar refractivity (Wildman–Crippen MR) is 114 cm³/mol. The summed E-state index contributed by atoms with van der Waals surface area (Å²) in [6.07, 6.45) is 3.79. The van der Waals surface area contributed by atoms with Crippen molar-refractivity contribution in [2.24, 2.45) is 0 Å². The molecule has 7 nitrogen and oxygen atoms in total. The van der Waals surface area contributed by atoms with Crippen LogP contribution in [-0.2, 0) is 19.1 Å². The summed E-state index contributed by atoms with van der Waals surface area (Å²) < 4.78 is 22.3. The molecule has 1 aromatic carbocycles. The summed E-state index contributed by atoms with van der Waals surface area (Å²) in [6, 6.07) is 5.43. The predicted octanol–water partition coefficient (Wildman–Crippen LogP) is 3.39. The molecule has 1 saturated heterocycles. The molecule has 0 spiro atoms. The second-order valence-corrected chi connectivity index (χ2v) is 8.11.